The van der Waals surface area contributed by atoms with E-state index in [0.717, 1.165) is 22.6 Å². The number of rotatable bonds is 3. The van der Waals surface area contributed by atoms with E-state index in [0.29, 0.717) is 8.43 Å². The fraction of sp³-hybridized carbons (Fsp3) is 0.400. The van der Waals surface area contributed by atoms with Gasteiger partial charge in [0.05, 0.1) is 14.5 Å². The highest BCUT2D eigenvalue weighted by Crippen LogP contribution is 2.53. The van der Waals surface area contributed by atoms with Crippen LogP contribution in [0.15, 0.2) is 10.00 Å². The molecule has 10 heteroatoms. The molecule has 1 aliphatic rings. The SMILES string of the molecule is CSC1=C(O)C(SC)=S(O[Cl+3]([O-])([O-])[O-])S1. The number of aliphatic hydroxyl groups excluding tert-OH is 1. The van der Waals surface area contributed by atoms with Crippen LogP contribution < -0.4 is 14.0 Å². The van der Waals surface area contributed by atoms with Crippen LogP contribution in [0.1, 0.15) is 0 Å². The van der Waals surface area contributed by atoms with Crippen molar-refractivity contribution in [3.8, 4) is 0 Å². The van der Waals surface area contributed by atoms with Crippen molar-refractivity contribution in [3.05, 3.63) is 10.00 Å². The van der Waals surface area contributed by atoms with E-state index in [1.165, 1.54) is 11.8 Å². The molecule has 1 aliphatic heterocycles. The summed E-state index contributed by atoms with van der Waals surface area (Å²) in [6.07, 6.45) is 3.42. The van der Waals surface area contributed by atoms with E-state index in [2.05, 4.69) is 3.74 Å². The minimum absolute atomic E-state index is 0.00202. The van der Waals surface area contributed by atoms with E-state index < -0.39 is 20.0 Å². The number of halogens is 1. The van der Waals surface area contributed by atoms with Crippen LogP contribution in [0.25, 0.3) is 0 Å². The highest BCUT2D eigenvalue weighted by molar-refractivity contribution is 8.87. The number of aliphatic hydroxyl groups is 1. The van der Waals surface area contributed by atoms with Gasteiger partial charge < -0.3 is 5.11 Å². The summed E-state index contributed by atoms with van der Waals surface area (Å²) in [7, 11) is -4.70. The van der Waals surface area contributed by atoms with Gasteiger partial charge in [-0.15, -0.1) is 23.5 Å². The predicted molar refractivity (Wildman–Crippen MR) is 58.0 cm³/mol. The van der Waals surface area contributed by atoms with Crippen molar-refractivity contribution in [2.75, 3.05) is 12.5 Å². The fourth-order valence-electron chi connectivity index (χ4n) is 0.715. The summed E-state index contributed by atoms with van der Waals surface area (Å²) < 4.78 is 36.5. The van der Waals surface area contributed by atoms with Crippen LogP contribution in [0.4, 0.5) is 0 Å². The van der Waals surface area contributed by atoms with Crippen molar-refractivity contribution >= 4 is 48.3 Å². The topological polar surface area (TPSA) is 98.6 Å². The molecule has 1 heterocycles. The first-order valence-corrected chi connectivity index (χ1v) is 9.47. The molecule has 0 saturated heterocycles. The average Bonchev–Trinajstić information content (AvgIpc) is 2.39. The molecule has 0 aliphatic carbocycles. The third-order valence-electron chi connectivity index (χ3n) is 1.19. The van der Waals surface area contributed by atoms with Gasteiger partial charge in [0.25, 0.3) is 0 Å². The summed E-state index contributed by atoms with van der Waals surface area (Å²) in [5.74, 6) is 0.00202. The lowest BCUT2D eigenvalue weighted by Gasteiger charge is -2.12. The molecular formula is C5H7ClO5S4. The molecule has 0 radical (unpaired) electrons. The molecule has 0 amide bonds. The monoisotopic (exact) mass is 310 g/mol. The molecule has 1 N–H and O–H groups in total. The third kappa shape index (κ3) is 3.72. The molecule has 5 nitrogen and oxygen atoms in total. The van der Waals surface area contributed by atoms with Gasteiger partial charge in [-0.1, -0.05) is 0 Å². The van der Waals surface area contributed by atoms with Gasteiger partial charge in [0, 0.05) is 0 Å². The molecule has 0 aromatic carbocycles. The number of hydrogen-bond acceptors (Lipinski definition) is 8. The molecule has 0 aromatic rings. The Kier molecular flexibility index (Phi) is 5.15. The Bertz CT molecular complexity index is 322. The highest BCUT2D eigenvalue weighted by atomic mass is 35.7. The summed E-state index contributed by atoms with van der Waals surface area (Å²) in [5.41, 5.74) is 0. The molecule has 1 atom stereocenters. The van der Waals surface area contributed by atoms with Crippen LogP contribution in [0.3, 0.4) is 0 Å². The smallest absolute Gasteiger partial charge is 0.190 e. The Hall–Kier alpha value is 0.940. The van der Waals surface area contributed by atoms with E-state index in [9.17, 15) is 19.1 Å². The standard InChI is InChI=1S/C5H7ClO5S4/c1-12-4-3(7)5(13-2)15(14-4)11-6(8,9)10/h7H,1-2H3. The first kappa shape index (κ1) is 14.0. The van der Waals surface area contributed by atoms with Gasteiger partial charge in [-0.3, -0.25) is 0 Å². The molecule has 0 aromatic heterocycles. The van der Waals surface area contributed by atoms with Gasteiger partial charge in [-0.2, -0.15) is 14.0 Å². The van der Waals surface area contributed by atoms with E-state index in [-0.39, 0.29) is 5.76 Å². The zero-order chi connectivity index (χ0) is 11.6. The molecule has 15 heavy (non-hydrogen) atoms. The lowest BCUT2D eigenvalue weighted by Crippen LogP contribution is -2.60. The summed E-state index contributed by atoms with van der Waals surface area (Å²) in [6.45, 7) is 0. The second-order valence-corrected chi connectivity index (χ2v) is 8.36. The van der Waals surface area contributed by atoms with Crippen LogP contribution in [0.5, 0.6) is 0 Å². The van der Waals surface area contributed by atoms with Gasteiger partial charge in [0.15, 0.2) is 15.6 Å². The molecule has 0 fully saturated rings. The normalized spacial score (nSPS) is 22.7. The van der Waals surface area contributed by atoms with Crippen molar-refractivity contribution < 1.29 is 33.1 Å². The van der Waals surface area contributed by atoms with E-state index in [4.69, 9.17) is 0 Å². The van der Waals surface area contributed by atoms with Crippen molar-refractivity contribution in [2.45, 2.75) is 0 Å². The second kappa shape index (κ2) is 5.52. The van der Waals surface area contributed by atoms with Crippen molar-refractivity contribution in [3.63, 3.8) is 0 Å². The van der Waals surface area contributed by atoms with Gasteiger partial charge in [0.1, 0.15) is 7.93 Å². The van der Waals surface area contributed by atoms with Crippen LogP contribution in [-0.4, -0.2) is 21.8 Å². The van der Waals surface area contributed by atoms with Crippen LogP contribution in [-0.2, 0) is 3.74 Å². The maximum absolute atomic E-state index is 10.4. The fourth-order valence-corrected chi connectivity index (χ4v) is 8.16. The quantitative estimate of drug-likeness (QED) is 0.541. The van der Waals surface area contributed by atoms with Crippen molar-refractivity contribution in [1.29, 1.82) is 0 Å². The van der Waals surface area contributed by atoms with Crippen LogP contribution in [0, 0.1) is 10.2 Å². The summed E-state index contributed by atoms with van der Waals surface area (Å²) >= 11 is 2.44. The van der Waals surface area contributed by atoms with E-state index in [1.807, 2.05) is 0 Å². The van der Waals surface area contributed by atoms with E-state index in [1.54, 1.807) is 12.5 Å². The Balaban J connectivity index is 2.88. The summed E-state index contributed by atoms with van der Waals surface area (Å²) in [6, 6.07) is 0. The Morgan fingerprint density at radius 2 is 1.93 bits per heavy atom. The summed E-state index contributed by atoms with van der Waals surface area (Å²) in [4.78, 5) is 0. The first-order chi connectivity index (χ1) is 6.89. The molecule has 0 spiro atoms. The zero-order valence-electron chi connectivity index (χ0n) is 7.59. The summed E-state index contributed by atoms with van der Waals surface area (Å²) in [5, 5.41) is 9.62. The maximum atomic E-state index is 10.4. The molecule has 0 saturated carbocycles. The predicted octanol–water partition coefficient (Wildman–Crippen LogP) is -0.671. The molecular weight excluding hydrogens is 304 g/mol. The molecule has 1 rings (SSSR count). The molecule has 88 valence electrons. The Morgan fingerprint density at radius 1 is 1.33 bits per heavy atom. The third-order valence-corrected chi connectivity index (χ3v) is 8.64. The largest absolute Gasteiger partial charge is 0.504 e. The first-order valence-electron chi connectivity index (χ1n) is 3.31. The Morgan fingerprint density at radius 3 is 2.33 bits per heavy atom. The number of thioether (sulfide) groups is 2. The van der Waals surface area contributed by atoms with Gasteiger partial charge >= 0.3 is 0 Å². The minimum Gasteiger partial charge on any atom is -0.504 e. The van der Waals surface area contributed by atoms with Crippen LogP contribution >= 0.6 is 44.1 Å². The van der Waals surface area contributed by atoms with E-state index >= 15 is 0 Å². The van der Waals surface area contributed by atoms with Crippen molar-refractivity contribution in [1.82, 2.24) is 0 Å². The maximum Gasteiger partial charge on any atom is 0.190 e. The van der Waals surface area contributed by atoms with Crippen LogP contribution in [0.2, 0.25) is 0 Å². The lowest BCUT2D eigenvalue weighted by atomic mass is 10.7. The zero-order valence-corrected chi connectivity index (χ0v) is 11.6. The second-order valence-electron chi connectivity index (χ2n) is 2.09. The van der Waals surface area contributed by atoms with Gasteiger partial charge in [0.2, 0.25) is 0 Å². The minimum atomic E-state index is -4.47. The lowest BCUT2D eigenvalue weighted by molar-refractivity contribution is -1.91. The molecule has 1 unspecified atom stereocenters. The van der Waals surface area contributed by atoms with Gasteiger partial charge in [-0.25, -0.2) is 0 Å². The average molecular weight is 311 g/mol. The molecule has 0 bridgehead atoms. The highest BCUT2D eigenvalue weighted by Gasteiger charge is 2.34. The number of hydrogen-bond donors (Lipinski definition) is 1. The Labute approximate surface area is 104 Å². The van der Waals surface area contributed by atoms with Crippen molar-refractivity contribution in [2.24, 2.45) is 0 Å². The van der Waals surface area contributed by atoms with Gasteiger partial charge in [-0.05, 0) is 23.3 Å².